The van der Waals surface area contributed by atoms with Gasteiger partial charge in [-0.15, -0.1) is 0 Å². The summed E-state index contributed by atoms with van der Waals surface area (Å²) in [7, 11) is 0. The minimum Gasteiger partial charge on any atom is -0.324 e. The largest absolute Gasteiger partial charge is 0.324 e. The second kappa shape index (κ2) is 4.97. The highest BCUT2D eigenvalue weighted by Gasteiger charge is 2.42. The molecular formula is C17H15BrN2O. The maximum absolute atomic E-state index is 12.2. The summed E-state index contributed by atoms with van der Waals surface area (Å²) in [6.45, 7) is 0. The highest BCUT2D eigenvalue weighted by atomic mass is 79.9. The molecule has 3 unspecified atom stereocenters. The third kappa shape index (κ3) is 2.39. The normalized spacial score (nSPS) is 26.3. The molecule has 106 valence electrons. The fourth-order valence-electron chi connectivity index (χ4n) is 3.06. The summed E-state index contributed by atoms with van der Waals surface area (Å²) in [6, 6.07) is 16.6. The molecule has 2 aromatic carbocycles. The number of benzene rings is 2. The second-order valence-electron chi connectivity index (χ2n) is 5.68. The van der Waals surface area contributed by atoms with E-state index in [-0.39, 0.29) is 11.9 Å². The number of hydrogen-bond donors (Lipinski definition) is 2. The van der Waals surface area contributed by atoms with Gasteiger partial charge in [0.05, 0.1) is 0 Å². The molecule has 4 rings (SSSR count). The van der Waals surface area contributed by atoms with E-state index in [1.807, 2.05) is 24.3 Å². The number of fused-ring (bicyclic) bond motifs is 1. The van der Waals surface area contributed by atoms with E-state index in [0.29, 0.717) is 12.0 Å². The molecule has 2 aromatic rings. The Bertz CT molecular complexity index is 701. The lowest BCUT2D eigenvalue weighted by Crippen LogP contribution is -2.29. The van der Waals surface area contributed by atoms with Crippen molar-refractivity contribution in [3.63, 3.8) is 0 Å². The van der Waals surface area contributed by atoms with Gasteiger partial charge < -0.3 is 5.32 Å². The first-order valence-electron chi connectivity index (χ1n) is 7.14. The Morgan fingerprint density at radius 2 is 1.95 bits per heavy atom. The number of anilines is 1. The van der Waals surface area contributed by atoms with E-state index >= 15 is 0 Å². The van der Waals surface area contributed by atoms with E-state index < -0.39 is 0 Å². The summed E-state index contributed by atoms with van der Waals surface area (Å²) < 4.78 is 0.982. The van der Waals surface area contributed by atoms with Gasteiger partial charge in [-0.3, -0.25) is 10.1 Å². The average molecular weight is 343 g/mol. The molecule has 2 N–H and O–H groups in total. The van der Waals surface area contributed by atoms with Crippen LogP contribution in [0.2, 0.25) is 0 Å². The van der Waals surface area contributed by atoms with Crippen LogP contribution in [-0.4, -0.2) is 11.9 Å². The number of carbonyl (C=O) groups is 1. The van der Waals surface area contributed by atoms with E-state index in [9.17, 15) is 4.79 Å². The molecule has 21 heavy (non-hydrogen) atoms. The molecular weight excluding hydrogens is 328 g/mol. The first-order valence-corrected chi connectivity index (χ1v) is 7.93. The van der Waals surface area contributed by atoms with Crippen LogP contribution in [0.5, 0.6) is 0 Å². The maximum atomic E-state index is 12.2. The summed E-state index contributed by atoms with van der Waals surface area (Å²) in [5.41, 5.74) is 3.30. The fourth-order valence-corrected chi connectivity index (χ4v) is 3.42. The fraction of sp³-hybridized carbons (Fsp3) is 0.235. The lowest BCUT2D eigenvalue weighted by atomic mass is 10.1. The van der Waals surface area contributed by atoms with Gasteiger partial charge in [0.1, 0.15) is 6.04 Å². The third-order valence-electron chi connectivity index (χ3n) is 4.25. The lowest BCUT2D eigenvalue weighted by Gasteiger charge is -2.11. The Hall–Kier alpha value is -1.65. The SMILES string of the molecule is O=C1Nc2cc(Br)ccc2C1NC1CC1c1ccccc1. The highest BCUT2D eigenvalue weighted by molar-refractivity contribution is 9.10. The van der Waals surface area contributed by atoms with Crippen LogP contribution in [0.25, 0.3) is 0 Å². The van der Waals surface area contributed by atoms with Crippen molar-refractivity contribution in [1.82, 2.24) is 5.32 Å². The molecule has 1 saturated carbocycles. The zero-order valence-electron chi connectivity index (χ0n) is 11.3. The van der Waals surface area contributed by atoms with Crippen LogP contribution in [0.4, 0.5) is 5.69 Å². The van der Waals surface area contributed by atoms with Crippen LogP contribution in [0.15, 0.2) is 53.0 Å². The van der Waals surface area contributed by atoms with Crippen molar-refractivity contribution in [2.75, 3.05) is 5.32 Å². The molecule has 0 radical (unpaired) electrons. The predicted octanol–water partition coefficient (Wildman–Crippen LogP) is 3.59. The predicted molar refractivity (Wildman–Crippen MR) is 86.2 cm³/mol. The molecule has 1 aliphatic heterocycles. The molecule has 3 nitrogen and oxygen atoms in total. The van der Waals surface area contributed by atoms with Gasteiger partial charge in [0, 0.05) is 27.7 Å². The number of nitrogens with one attached hydrogen (secondary N) is 2. The van der Waals surface area contributed by atoms with Gasteiger partial charge in [-0.1, -0.05) is 52.3 Å². The summed E-state index contributed by atoms with van der Waals surface area (Å²) in [4.78, 5) is 12.2. The molecule has 0 saturated heterocycles. The average Bonchev–Trinajstić information content (AvgIpc) is 3.19. The molecule has 1 heterocycles. The Balaban J connectivity index is 1.51. The van der Waals surface area contributed by atoms with Gasteiger partial charge in [0.2, 0.25) is 5.91 Å². The van der Waals surface area contributed by atoms with E-state index in [4.69, 9.17) is 0 Å². The quantitative estimate of drug-likeness (QED) is 0.894. The van der Waals surface area contributed by atoms with Crippen molar-refractivity contribution in [3.8, 4) is 0 Å². The van der Waals surface area contributed by atoms with Gasteiger partial charge >= 0.3 is 0 Å². The lowest BCUT2D eigenvalue weighted by molar-refractivity contribution is -0.117. The molecule has 0 bridgehead atoms. The second-order valence-corrected chi connectivity index (χ2v) is 6.60. The van der Waals surface area contributed by atoms with Crippen molar-refractivity contribution in [2.24, 2.45) is 0 Å². The third-order valence-corrected chi connectivity index (χ3v) is 4.74. The molecule has 1 amide bonds. The zero-order valence-corrected chi connectivity index (χ0v) is 12.9. The van der Waals surface area contributed by atoms with Gasteiger partial charge in [0.25, 0.3) is 0 Å². The minimum atomic E-state index is -0.230. The minimum absolute atomic E-state index is 0.0433. The van der Waals surface area contributed by atoms with Crippen LogP contribution in [0.3, 0.4) is 0 Å². The van der Waals surface area contributed by atoms with Gasteiger partial charge in [-0.25, -0.2) is 0 Å². The summed E-state index contributed by atoms with van der Waals surface area (Å²) in [6.07, 6.45) is 1.10. The molecule has 2 aliphatic rings. The Morgan fingerprint density at radius 3 is 2.76 bits per heavy atom. The number of amides is 1. The zero-order chi connectivity index (χ0) is 14.4. The van der Waals surface area contributed by atoms with Gasteiger partial charge in [-0.2, -0.15) is 0 Å². The number of carbonyl (C=O) groups excluding carboxylic acids is 1. The molecule has 0 aromatic heterocycles. The molecule has 1 aliphatic carbocycles. The summed E-state index contributed by atoms with van der Waals surface area (Å²) >= 11 is 3.44. The van der Waals surface area contributed by atoms with Crippen LogP contribution in [-0.2, 0) is 4.79 Å². The maximum Gasteiger partial charge on any atom is 0.246 e. The van der Waals surface area contributed by atoms with Crippen molar-refractivity contribution >= 4 is 27.5 Å². The Morgan fingerprint density at radius 1 is 1.14 bits per heavy atom. The summed E-state index contributed by atoms with van der Waals surface area (Å²) in [5.74, 6) is 0.570. The van der Waals surface area contributed by atoms with Crippen molar-refractivity contribution in [2.45, 2.75) is 24.4 Å². The molecule has 4 heteroatoms. The van der Waals surface area contributed by atoms with Crippen LogP contribution in [0.1, 0.15) is 29.5 Å². The molecule has 0 spiro atoms. The first-order chi connectivity index (χ1) is 10.2. The van der Waals surface area contributed by atoms with Gasteiger partial charge in [0.15, 0.2) is 0 Å². The van der Waals surface area contributed by atoms with Crippen molar-refractivity contribution in [3.05, 3.63) is 64.1 Å². The summed E-state index contributed by atoms with van der Waals surface area (Å²) in [5, 5.41) is 6.44. The van der Waals surface area contributed by atoms with Crippen LogP contribution in [0, 0.1) is 0 Å². The monoisotopic (exact) mass is 342 g/mol. The van der Waals surface area contributed by atoms with Crippen LogP contribution >= 0.6 is 15.9 Å². The van der Waals surface area contributed by atoms with Crippen molar-refractivity contribution in [1.29, 1.82) is 0 Å². The van der Waals surface area contributed by atoms with E-state index in [2.05, 4.69) is 50.8 Å². The van der Waals surface area contributed by atoms with Crippen molar-refractivity contribution < 1.29 is 4.79 Å². The number of rotatable bonds is 3. The first kappa shape index (κ1) is 13.0. The highest BCUT2D eigenvalue weighted by Crippen LogP contribution is 2.43. The van der Waals surface area contributed by atoms with E-state index in [1.165, 1.54) is 5.56 Å². The molecule has 3 atom stereocenters. The van der Waals surface area contributed by atoms with E-state index in [0.717, 1.165) is 22.1 Å². The topological polar surface area (TPSA) is 41.1 Å². The Labute approximate surface area is 131 Å². The standard InChI is InChI=1S/C17H15BrN2O/c18-11-6-7-12-14(8-11)20-17(21)16(12)19-15-9-13(15)10-4-2-1-3-5-10/h1-8,13,15-16,19H,9H2,(H,20,21). The smallest absolute Gasteiger partial charge is 0.246 e. The number of halogens is 1. The number of hydrogen-bond acceptors (Lipinski definition) is 2. The van der Waals surface area contributed by atoms with Gasteiger partial charge in [-0.05, 0) is 24.1 Å². The van der Waals surface area contributed by atoms with E-state index in [1.54, 1.807) is 0 Å². The Kier molecular flexibility index (Phi) is 3.08. The van der Waals surface area contributed by atoms with Crippen LogP contribution < -0.4 is 10.6 Å². The molecule has 1 fully saturated rings.